The van der Waals surface area contributed by atoms with Gasteiger partial charge in [0.2, 0.25) is 0 Å². The van der Waals surface area contributed by atoms with Gasteiger partial charge in [0.05, 0.1) is 24.4 Å². The largest absolute Gasteiger partial charge is 0.533 e. The van der Waals surface area contributed by atoms with Crippen LogP contribution in [-0.2, 0) is 56.7 Å². The molecule has 12 nitrogen and oxygen atoms in total. The summed E-state index contributed by atoms with van der Waals surface area (Å²) in [6.45, 7) is 9.47. The van der Waals surface area contributed by atoms with Gasteiger partial charge in [0.25, 0.3) is 0 Å². The van der Waals surface area contributed by atoms with Crippen LogP contribution in [0.25, 0.3) is 0 Å². The van der Waals surface area contributed by atoms with Gasteiger partial charge in [-0.2, -0.15) is 0 Å². The molecule has 0 aromatic heterocycles. The standard InChI is InChI=1S/C20H32BO12/c1-9(2)26-17(22)13-14(18(23)27-10(3)4)31-21(30-13)32-15(19(24)28-11(5)6)16(33-21)20(25)29-12(7)8/h9-16H,1-8H3/q-1/t13-,14-,15-,16-/m1/s1. The first-order chi connectivity index (χ1) is 15.2. The van der Waals surface area contributed by atoms with Crippen molar-refractivity contribution in [2.75, 3.05) is 0 Å². The molecule has 0 aromatic rings. The second kappa shape index (κ2) is 10.8. The lowest BCUT2D eigenvalue weighted by Gasteiger charge is -2.28. The first-order valence-corrected chi connectivity index (χ1v) is 10.9. The van der Waals surface area contributed by atoms with Crippen LogP contribution in [0.2, 0.25) is 0 Å². The predicted molar refractivity (Wildman–Crippen MR) is 110 cm³/mol. The summed E-state index contributed by atoms with van der Waals surface area (Å²) in [5.41, 5.74) is 0. The maximum Gasteiger partial charge on any atom is 0.533 e. The third-order valence-corrected chi connectivity index (χ3v) is 4.14. The van der Waals surface area contributed by atoms with Gasteiger partial charge in [-0.3, -0.25) is 0 Å². The first-order valence-electron chi connectivity index (χ1n) is 10.9. The number of carbonyl (C=O) groups excluding carboxylic acids is 4. The van der Waals surface area contributed by atoms with E-state index >= 15 is 0 Å². The molecule has 0 amide bonds. The summed E-state index contributed by atoms with van der Waals surface area (Å²) in [6.07, 6.45) is -8.61. The fourth-order valence-corrected chi connectivity index (χ4v) is 3.11. The first kappa shape index (κ1) is 27.0. The average Bonchev–Trinajstić information content (AvgIpc) is 3.21. The van der Waals surface area contributed by atoms with Crippen molar-refractivity contribution < 1.29 is 56.7 Å². The normalized spacial score (nSPS) is 26.3. The van der Waals surface area contributed by atoms with Gasteiger partial charge >= 0.3 is 30.8 Å². The molecule has 0 bridgehead atoms. The summed E-state index contributed by atoms with van der Waals surface area (Å²) in [6, 6.07) is 0. The molecular weight excluding hydrogens is 443 g/mol. The lowest BCUT2D eigenvalue weighted by Crippen LogP contribution is -2.43. The zero-order valence-corrected chi connectivity index (χ0v) is 20.1. The molecule has 2 saturated heterocycles. The molecule has 0 aromatic carbocycles. The Morgan fingerprint density at radius 3 is 0.818 bits per heavy atom. The van der Waals surface area contributed by atoms with Crippen LogP contribution in [0.4, 0.5) is 0 Å². The molecule has 2 fully saturated rings. The minimum atomic E-state index is -3.38. The van der Waals surface area contributed by atoms with Gasteiger partial charge in [-0.25, -0.2) is 19.2 Å². The van der Waals surface area contributed by atoms with E-state index in [4.69, 9.17) is 37.6 Å². The smallest absolute Gasteiger partial charge is 0.505 e. The molecule has 0 radical (unpaired) electrons. The maximum atomic E-state index is 12.6. The third-order valence-electron chi connectivity index (χ3n) is 4.14. The number of hydrogen-bond acceptors (Lipinski definition) is 12. The van der Waals surface area contributed by atoms with E-state index in [0.29, 0.717) is 0 Å². The van der Waals surface area contributed by atoms with Gasteiger partial charge in [0.1, 0.15) is 0 Å². The average molecular weight is 475 g/mol. The fraction of sp³-hybridized carbons (Fsp3) is 0.800. The molecular formula is C20H32BO12-. The van der Waals surface area contributed by atoms with Gasteiger partial charge in [-0.15, -0.1) is 0 Å². The van der Waals surface area contributed by atoms with Gasteiger partial charge in [0, 0.05) is 0 Å². The van der Waals surface area contributed by atoms with Crippen molar-refractivity contribution in [2.45, 2.75) is 104 Å². The number of esters is 4. The van der Waals surface area contributed by atoms with Crippen LogP contribution in [0, 0.1) is 0 Å². The monoisotopic (exact) mass is 475 g/mol. The second-order valence-corrected chi connectivity index (χ2v) is 8.75. The summed E-state index contributed by atoms with van der Waals surface area (Å²) in [7, 11) is 0. The van der Waals surface area contributed by atoms with Crippen molar-refractivity contribution in [3.8, 4) is 0 Å². The highest BCUT2D eigenvalue weighted by molar-refractivity contribution is 6.56. The zero-order valence-electron chi connectivity index (χ0n) is 20.1. The predicted octanol–water partition coefficient (Wildman–Crippen LogP) is 0.796. The van der Waals surface area contributed by atoms with Gasteiger partial charge < -0.3 is 37.6 Å². The van der Waals surface area contributed by atoms with Crippen LogP contribution in [0.15, 0.2) is 0 Å². The summed E-state index contributed by atoms with van der Waals surface area (Å²) < 4.78 is 42.8. The van der Waals surface area contributed by atoms with Crippen molar-refractivity contribution in [2.24, 2.45) is 0 Å². The summed E-state index contributed by atoms with van der Waals surface area (Å²) in [5.74, 6) is -3.74. The molecule has 4 atom stereocenters. The highest BCUT2D eigenvalue weighted by Crippen LogP contribution is 2.37. The van der Waals surface area contributed by atoms with Gasteiger partial charge in [0.15, 0.2) is 24.4 Å². The summed E-state index contributed by atoms with van der Waals surface area (Å²) in [4.78, 5) is 50.4. The minimum absolute atomic E-state index is 0.528. The lowest BCUT2D eigenvalue weighted by atomic mass is 10.1. The Bertz CT molecular complexity index is 624. The van der Waals surface area contributed by atoms with Crippen molar-refractivity contribution in [3.05, 3.63) is 0 Å². The van der Waals surface area contributed by atoms with E-state index in [9.17, 15) is 19.2 Å². The van der Waals surface area contributed by atoms with Gasteiger partial charge in [-0.1, -0.05) is 0 Å². The van der Waals surface area contributed by atoms with Crippen LogP contribution < -0.4 is 0 Å². The molecule has 2 aliphatic heterocycles. The van der Waals surface area contributed by atoms with E-state index in [1.54, 1.807) is 55.4 Å². The number of hydrogen-bond donors (Lipinski definition) is 0. The van der Waals surface area contributed by atoms with Crippen molar-refractivity contribution in [1.82, 2.24) is 0 Å². The van der Waals surface area contributed by atoms with Crippen molar-refractivity contribution in [1.29, 1.82) is 0 Å². The minimum Gasteiger partial charge on any atom is -0.505 e. The molecule has 33 heavy (non-hydrogen) atoms. The molecule has 2 aliphatic rings. The number of ether oxygens (including phenoxy) is 4. The molecule has 0 N–H and O–H groups in total. The molecule has 0 saturated carbocycles. The molecule has 0 aliphatic carbocycles. The van der Waals surface area contributed by atoms with E-state index in [1.807, 2.05) is 0 Å². The van der Waals surface area contributed by atoms with Crippen LogP contribution >= 0.6 is 0 Å². The highest BCUT2D eigenvalue weighted by atomic mass is 16.9. The van der Waals surface area contributed by atoms with Crippen molar-refractivity contribution in [3.63, 3.8) is 0 Å². The Hall–Kier alpha value is -2.22. The Balaban J connectivity index is 2.35. The van der Waals surface area contributed by atoms with Crippen molar-refractivity contribution >= 4 is 30.8 Å². The third kappa shape index (κ3) is 6.89. The number of carbonyl (C=O) groups is 4. The second-order valence-electron chi connectivity index (χ2n) is 8.75. The van der Waals surface area contributed by atoms with E-state index in [2.05, 4.69) is 0 Å². The molecule has 188 valence electrons. The molecule has 2 heterocycles. The molecule has 1 spiro atoms. The van der Waals surface area contributed by atoms with E-state index in [-0.39, 0.29) is 0 Å². The van der Waals surface area contributed by atoms with E-state index < -0.39 is 79.7 Å². The Morgan fingerprint density at radius 2 is 0.667 bits per heavy atom. The molecule has 2 rings (SSSR count). The maximum absolute atomic E-state index is 12.6. The molecule has 13 heteroatoms. The summed E-state index contributed by atoms with van der Waals surface area (Å²) in [5, 5.41) is 0. The van der Waals surface area contributed by atoms with Crippen LogP contribution in [0.3, 0.4) is 0 Å². The van der Waals surface area contributed by atoms with Crippen LogP contribution in [0.1, 0.15) is 55.4 Å². The van der Waals surface area contributed by atoms with Gasteiger partial charge in [-0.05, 0) is 55.4 Å². The SMILES string of the molecule is CC(C)OC(=O)[C@@H]1O[B-]2(O[C@H]1C(=O)OC(C)C)O[C@@H](C(=O)OC(C)C)[C@H](C(=O)OC(C)C)O2. The fourth-order valence-electron chi connectivity index (χ4n) is 3.11. The zero-order chi connectivity index (χ0) is 25.1. The topological polar surface area (TPSA) is 142 Å². The Morgan fingerprint density at radius 1 is 0.485 bits per heavy atom. The Kier molecular flexibility index (Phi) is 8.85. The lowest BCUT2D eigenvalue weighted by molar-refractivity contribution is -0.167. The van der Waals surface area contributed by atoms with E-state index in [0.717, 1.165) is 0 Å². The quantitative estimate of drug-likeness (QED) is 0.278. The van der Waals surface area contributed by atoms with Crippen LogP contribution in [0.5, 0.6) is 0 Å². The van der Waals surface area contributed by atoms with Crippen LogP contribution in [-0.4, -0.2) is 79.7 Å². The highest BCUT2D eigenvalue weighted by Gasteiger charge is 2.61. The number of rotatable bonds is 8. The Labute approximate surface area is 192 Å². The molecule has 0 unspecified atom stereocenters. The summed E-state index contributed by atoms with van der Waals surface area (Å²) >= 11 is 0. The van der Waals surface area contributed by atoms with E-state index in [1.165, 1.54) is 0 Å².